The molecule has 1 aromatic carbocycles. The lowest BCUT2D eigenvalue weighted by molar-refractivity contribution is 0.403. The van der Waals surface area contributed by atoms with E-state index in [1.165, 1.54) is 18.2 Å². The van der Waals surface area contributed by atoms with Crippen molar-refractivity contribution in [2.75, 3.05) is 0 Å². The van der Waals surface area contributed by atoms with Gasteiger partial charge in [-0.05, 0) is 12.1 Å². The fraction of sp³-hybridized carbons (Fsp3) is 0. The number of phenols is 1. The van der Waals surface area contributed by atoms with E-state index in [1.807, 2.05) is 0 Å². The van der Waals surface area contributed by atoms with Crippen LogP contribution in [-0.4, -0.2) is 10.00 Å². The molecule has 7 heteroatoms. The second kappa shape index (κ2) is 4.69. The lowest BCUT2D eigenvalue weighted by Crippen LogP contribution is -1.84. The van der Waals surface area contributed by atoms with E-state index in [0.29, 0.717) is 0 Å². The molecule has 0 bridgehead atoms. The van der Waals surface area contributed by atoms with E-state index in [9.17, 15) is 4.57 Å². The van der Waals surface area contributed by atoms with Gasteiger partial charge in [0, 0.05) is 6.07 Å². The molecular formula is C6H6IO5P. The highest BCUT2D eigenvalue weighted by molar-refractivity contribution is 14.1. The number of halogens is 1. The van der Waals surface area contributed by atoms with E-state index in [2.05, 4.69) is 4.52 Å². The topological polar surface area (TPSA) is 76.0 Å². The number of hydrogen-bond acceptors (Lipinski definition) is 4. The first-order valence-electron chi connectivity index (χ1n) is 3.16. The average Bonchev–Trinajstić information content (AvgIpc) is 2.03. The summed E-state index contributed by atoms with van der Waals surface area (Å²) in [6.07, 6.45) is 0. The zero-order valence-corrected chi connectivity index (χ0v) is 9.39. The predicted molar refractivity (Wildman–Crippen MR) is 54.6 cm³/mol. The van der Waals surface area contributed by atoms with Gasteiger partial charge in [0.25, 0.3) is 0 Å². The smallest absolute Gasteiger partial charge is 0.365 e. The predicted octanol–water partition coefficient (Wildman–Crippen LogP) is 1.88. The first kappa shape index (κ1) is 10.6. The standard InChI is InChI=1S/C6H6IO5P/c7-11-5-2-1-4(8)3-6(5)12-13(9)10/h1-3,8,13H,(H,9,10). The molecule has 1 aromatic rings. The average molecular weight is 316 g/mol. The van der Waals surface area contributed by atoms with Crippen molar-refractivity contribution in [3.63, 3.8) is 0 Å². The van der Waals surface area contributed by atoms with Crippen molar-refractivity contribution in [3.05, 3.63) is 18.2 Å². The van der Waals surface area contributed by atoms with Gasteiger partial charge in [0.15, 0.2) is 34.5 Å². The molecule has 0 saturated carbocycles. The Hall–Kier alpha value is -0.460. The molecule has 13 heavy (non-hydrogen) atoms. The third-order valence-electron chi connectivity index (χ3n) is 1.21. The van der Waals surface area contributed by atoms with E-state index < -0.39 is 8.25 Å². The third-order valence-corrected chi connectivity index (χ3v) is 2.08. The molecule has 0 fully saturated rings. The first-order valence-corrected chi connectivity index (χ1v) is 5.30. The minimum Gasteiger partial charge on any atom is -0.508 e. The monoisotopic (exact) mass is 316 g/mol. The minimum absolute atomic E-state index is 0.0424. The van der Waals surface area contributed by atoms with Crippen LogP contribution in [0, 0.1) is 0 Å². The summed E-state index contributed by atoms with van der Waals surface area (Å²) in [4.78, 5) is 8.50. The Morgan fingerprint density at radius 1 is 1.38 bits per heavy atom. The van der Waals surface area contributed by atoms with Crippen LogP contribution in [0.25, 0.3) is 0 Å². The molecule has 0 saturated heterocycles. The summed E-state index contributed by atoms with van der Waals surface area (Å²) in [5.41, 5.74) is 0. The van der Waals surface area contributed by atoms with E-state index in [4.69, 9.17) is 13.1 Å². The van der Waals surface area contributed by atoms with Gasteiger partial charge < -0.3 is 17.6 Å². The van der Waals surface area contributed by atoms with Crippen LogP contribution in [-0.2, 0) is 4.57 Å². The summed E-state index contributed by atoms with van der Waals surface area (Å²) in [6.45, 7) is 0. The maximum absolute atomic E-state index is 10.4. The summed E-state index contributed by atoms with van der Waals surface area (Å²) in [5.74, 6) is 0.266. The summed E-state index contributed by atoms with van der Waals surface area (Å²) in [6, 6.07) is 4.02. The van der Waals surface area contributed by atoms with Crippen LogP contribution < -0.4 is 7.59 Å². The normalized spacial score (nSPS) is 12.2. The van der Waals surface area contributed by atoms with Gasteiger partial charge in [-0.15, -0.1) is 0 Å². The van der Waals surface area contributed by atoms with Crippen LogP contribution >= 0.6 is 31.3 Å². The SMILES string of the molecule is O=[PH](O)Oc1cc(O)ccc1OI. The van der Waals surface area contributed by atoms with Crippen molar-refractivity contribution in [2.24, 2.45) is 0 Å². The highest BCUT2D eigenvalue weighted by Crippen LogP contribution is 2.36. The Bertz CT molecular complexity index is 329. The molecule has 0 heterocycles. The van der Waals surface area contributed by atoms with Crippen molar-refractivity contribution < 1.29 is 22.2 Å². The molecule has 72 valence electrons. The van der Waals surface area contributed by atoms with Crippen molar-refractivity contribution in [3.8, 4) is 17.2 Å². The highest BCUT2D eigenvalue weighted by Gasteiger charge is 2.07. The fourth-order valence-corrected chi connectivity index (χ4v) is 1.45. The molecule has 0 aliphatic heterocycles. The molecule has 0 spiro atoms. The Labute approximate surface area is 88.9 Å². The molecule has 0 aliphatic rings. The molecule has 1 rings (SSSR count). The largest absolute Gasteiger partial charge is 0.508 e. The maximum Gasteiger partial charge on any atom is 0.365 e. The summed E-state index contributed by atoms with van der Waals surface area (Å²) in [5, 5.41) is 9.04. The second-order valence-electron chi connectivity index (χ2n) is 2.08. The van der Waals surface area contributed by atoms with E-state index in [0.717, 1.165) is 0 Å². The number of benzene rings is 1. The Morgan fingerprint density at radius 2 is 2.08 bits per heavy atom. The van der Waals surface area contributed by atoms with Crippen molar-refractivity contribution in [2.45, 2.75) is 0 Å². The molecule has 0 aliphatic carbocycles. The van der Waals surface area contributed by atoms with Crippen LogP contribution in [0.3, 0.4) is 0 Å². The highest BCUT2D eigenvalue weighted by atomic mass is 127. The van der Waals surface area contributed by atoms with Crippen LogP contribution in [0.2, 0.25) is 0 Å². The van der Waals surface area contributed by atoms with Gasteiger partial charge in [0.2, 0.25) is 0 Å². The Balaban J connectivity index is 3.01. The molecule has 1 unspecified atom stereocenters. The van der Waals surface area contributed by atoms with Gasteiger partial charge in [0.1, 0.15) is 5.75 Å². The first-order chi connectivity index (χ1) is 6.13. The summed E-state index contributed by atoms with van der Waals surface area (Å²) < 4.78 is 19.7. The summed E-state index contributed by atoms with van der Waals surface area (Å²) in [7, 11) is -3.08. The molecule has 2 N–H and O–H groups in total. The van der Waals surface area contributed by atoms with Crippen LogP contribution in [0.4, 0.5) is 0 Å². The van der Waals surface area contributed by atoms with Gasteiger partial charge in [0.05, 0.1) is 0 Å². The molecule has 1 atom stereocenters. The Kier molecular flexibility index (Phi) is 3.83. The van der Waals surface area contributed by atoms with E-state index in [-0.39, 0.29) is 17.2 Å². The number of hydrogen-bond donors (Lipinski definition) is 2. The third kappa shape index (κ3) is 3.06. The minimum atomic E-state index is -3.08. The summed E-state index contributed by atoms with van der Waals surface area (Å²) >= 11 is 1.60. The number of rotatable bonds is 3. The maximum atomic E-state index is 10.4. The molecule has 0 aromatic heterocycles. The van der Waals surface area contributed by atoms with Crippen molar-refractivity contribution >= 4 is 31.3 Å². The zero-order chi connectivity index (χ0) is 9.84. The van der Waals surface area contributed by atoms with Crippen LogP contribution in [0.15, 0.2) is 18.2 Å². The zero-order valence-electron chi connectivity index (χ0n) is 6.23. The van der Waals surface area contributed by atoms with Crippen molar-refractivity contribution in [1.29, 1.82) is 0 Å². The molecular weight excluding hydrogens is 310 g/mol. The van der Waals surface area contributed by atoms with Crippen LogP contribution in [0.1, 0.15) is 0 Å². The number of phenolic OH excluding ortho intramolecular Hbond substituents is 1. The second-order valence-corrected chi connectivity index (χ2v) is 3.25. The number of aromatic hydroxyl groups is 1. The van der Waals surface area contributed by atoms with E-state index in [1.54, 1.807) is 23.0 Å². The van der Waals surface area contributed by atoms with Crippen molar-refractivity contribution in [1.82, 2.24) is 0 Å². The quantitative estimate of drug-likeness (QED) is 0.658. The molecule has 5 nitrogen and oxygen atoms in total. The molecule has 0 radical (unpaired) electrons. The molecule has 0 amide bonds. The lowest BCUT2D eigenvalue weighted by Gasteiger charge is -2.06. The van der Waals surface area contributed by atoms with Gasteiger partial charge in [-0.2, -0.15) is 0 Å². The fourth-order valence-electron chi connectivity index (χ4n) is 0.734. The Morgan fingerprint density at radius 3 is 2.62 bits per heavy atom. The van der Waals surface area contributed by atoms with Gasteiger partial charge >= 0.3 is 8.25 Å². The van der Waals surface area contributed by atoms with E-state index >= 15 is 0 Å². The van der Waals surface area contributed by atoms with Gasteiger partial charge in [-0.25, -0.2) is 4.57 Å². The lowest BCUT2D eigenvalue weighted by atomic mass is 10.3. The van der Waals surface area contributed by atoms with Crippen LogP contribution in [0.5, 0.6) is 17.2 Å². The van der Waals surface area contributed by atoms with Gasteiger partial charge in [-0.3, -0.25) is 0 Å². The van der Waals surface area contributed by atoms with Gasteiger partial charge in [-0.1, -0.05) is 0 Å².